The first kappa shape index (κ1) is 9.72. The Bertz CT molecular complexity index is 447. The molecule has 0 aromatic carbocycles. The number of hydrogen-bond acceptors (Lipinski definition) is 4. The van der Waals surface area contributed by atoms with Crippen LogP contribution in [-0.4, -0.2) is 24.9 Å². The highest BCUT2D eigenvalue weighted by atomic mass is 16.3. The molecule has 2 heterocycles. The molecule has 0 saturated carbocycles. The molecule has 0 amide bonds. The van der Waals surface area contributed by atoms with Gasteiger partial charge in [-0.05, 0) is 6.92 Å². The second kappa shape index (κ2) is 3.74. The number of aromatic nitrogens is 4. The van der Waals surface area contributed by atoms with E-state index in [1.807, 2.05) is 17.7 Å². The number of anilines is 1. The van der Waals surface area contributed by atoms with Crippen molar-refractivity contribution in [3.05, 3.63) is 30.0 Å². The number of rotatable bonds is 3. The first-order valence-corrected chi connectivity index (χ1v) is 4.71. The molecular weight excluding hydrogens is 194 g/mol. The van der Waals surface area contributed by atoms with Gasteiger partial charge in [-0.2, -0.15) is 5.10 Å². The zero-order valence-electron chi connectivity index (χ0n) is 8.38. The molecule has 0 aliphatic rings. The number of aromatic amines is 1. The molecule has 2 rings (SSSR count). The van der Waals surface area contributed by atoms with Crippen molar-refractivity contribution in [1.82, 2.24) is 19.7 Å². The lowest BCUT2D eigenvalue weighted by molar-refractivity contribution is 0.205. The van der Waals surface area contributed by atoms with Gasteiger partial charge in [0, 0.05) is 24.5 Å². The standard InChI is InChI=1S/C9H13N5O/c1-2-14-4-3-11-9(14)7(15)6-5-12-13-8(6)10/h3-5,7,15H,2H2,1H3,(H3,10,12,13). The van der Waals surface area contributed by atoms with E-state index in [0.717, 1.165) is 6.54 Å². The Balaban J connectivity index is 2.36. The molecule has 6 nitrogen and oxygen atoms in total. The summed E-state index contributed by atoms with van der Waals surface area (Å²) < 4.78 is 1.86. The number of nitrogen functional groups attached to an aromatic ring is 1. The Kier molecular flexibility index (Phi) is 2.42. The topological polar surface area (TPSA) is 92.7 Å². The molecule has 0 spiro atoms. The number of H-pyrrole nitrogens is 1. The van der Waals surface area contributed by atoms with Gasteiger partial charge in [-0.25, -0.2) is 4.98 Å². The van der Waals surface area contributed by atoms with E-state index in [0.29, 0.717) is 17.2 Å². The molecule has 0 radical (unpaired) electrons. The predicted octanol–water partition coefficient (Wildman–Crippen LogP) is 0.290. The SMILES string of the molecule is CCn1ccnc1C(O)c1cn[nH]c1N. The maximum absolute atomic E-state index is 10.0. The Morgan fingerprint density at radius 3 is 3.07 bits per heavy atom. The van der Waals surface area contributed by atoms with Crippen molar-refractivity contribution in [3.63, 3.8) is 0 Å². The highest BCUT2D eigenvalue weighted by molar-refractivity contribution is 5.40. The lowest BCUT2D eigenvalue weighted by atomic mass is 10.2. The molecule has 0 bridgehead atoms. The Labute approximate surface area is 86.8 Å². The number of nitrogens with two attached hydrogens (primary N) is 1. The number of nitrogens with zero attached hydrogens (tertiary/aromatic N) is 3. The van der Waals surface area contributed by atoms with E-state index in [1.165, 1.54) is 6.20 Å². The van der Waals surface area contributed by atoms with Crippen molar-refractivity contribution < 1.29 is 5.11 Å². The van der Waals surface area contributed by atoms with Crippen LogP contribution in [0.3, 0.4) is 0 Å². The minimum Gasteiger partial charge on any atom is -0.384 e. The summed E-state index contributed by atoms with van der Waals surface area (Å²) in [5.41, 5.74) is 6.18. The van der Waals surface area contributed by atoms with Gasteiger partial charge in [0.1, 0.15) is 17.7 Å². The second-order valence-corrected chi connectivity index (χ2v) is 3.21. The van der Waals surface area contributed by atoms with Crippen LogP contribution in [0.4, 0.5) is 5.82 Å². The van der Waals surface area contributed by atoms with Crippen LogP contribution in [-0.2, 0) is 6.54 Å². The normalized spacial score (nSPS) is 12.9. The number of nitrogens with one attached hydrogen (secondary N) is 1. The number of aliphatic hydroxyl groups excluding tert-OH is 1. The lowest BCUT2D eigenvalue weighted by Crippen LogP contribution is -2.09. The van der Waals surface area contributed by atoms with Gasteiger partial charge in [0.25, 0.3) is 0 Å². The maximum atomic E-state index is 10.0. The number of aliphatic hydroxyl groups is 1. The fraction of sp³-hybridized carbons (Fsp3) is 0.333. The second-order valence-electron chi connectivity index (χ2n) is 3.21. The van der Waals surface area contributed by atoms with E-state index in [1.54, 1.807) is 6.20 Å². The highest BCUT2D eigenvalue weighted by Gasteiger charge is 2.19. The molecule has 4 N–H and O–H groups in total. The van der Waals surface area contributed by atoms with Gasteiger partial charge in [-0.1, -0.05) is 0 Å². The monoisotopic (exact) mass is 207 g/mol. The summed E-state index contributed by atoms with van der Waals surface area (Å²) in [6.07, 6.45) is 4.14. The predicted molar refractivity (Wildman–Crippen MR) is 55.0 cm³/mol. The fourth-order valence-corrected chi connectivity index (χ4v) is 1.50. The van der Waals surface area contributed by atoms with E-state index in [2.05, 4.69) is 15.2 Å². The van der Waals surface area contributed by atoms with Crippen molar-refractivity contribution >= 4 is 5.82 Å². The minimum absolute atomic E-state index is 0.369. The van der Waals surface area contributed by atoms with Gasteiger partial charge >= 0.3 is 0 Å². The molecule has 2 aromatic heterocycles. The van der Waals surface area contributed by atoms with Gasteiger partial charge < -0.3 is 15.4 Å². The summed E-state index contributed by atoms with van der Waals surface area (Å²) in [4.78, 5) is 4.10. The summed E-state index contributed by atoms with van der Waals surface area (Å²) in [6, 6.07) is 0. The van der Waals surface area contributed by atoms with Gasteiger partial charge in [0.2, 0.25) is 0 Å². The van der Waals surface area contributed by atoms with Gasteiger partial charge in [0.15, 0.2) is 0 Å². The molecule has 0 aliphatic carbocycles. The molecular formula is C9H13N5O. The summed E-state index contributed by atoms with van der Waals surface area (Å²) in [7, 11) is 0. The third-order valence-electron chi connectivity index (χ3n) is 2.33. The molecule has 1 atom stereocenters. The van der Waals surface area contributed by atoms with Crippen LogP contribution >= 0.6 is 0 Å². The smallest absolute Gasteiger partial charge is 0.142 e. The van der Waals surface area contributed by atoms with E-state index < -0.39 is 6.10 Å². The zero-order chi connectivity index (χ0) is 10.8. The van der Waals surface area contributed by atoms with Crippen LogP contribution in [0, 0.1) is 0 Å². The van der Waals surface area contributed by atoms with Crippen molar-refractivity contribution in [2.45, 2.75) is 19.6 Å². The highest BCUT2D eigenvalue weighted by Crippen LogP contribution is 2.23. The van der Waals surface area contributed by atoms with E-state index >= 15 is 0 Å². The first-order valence-electron chi connectivity index (χ1n) is 4.71. The van der Waals surface area contributed by atoms with Gasteiger partial charge in [0.05, 0.1) is 6.20 Å². The molecule has 0 saturated heterocycles. The van der Waals surface area contributed by atoms with Gasteiger partial charge in [-0.15, -0.1) is 0 Å². The molecule has 80 valence electrons. The van der Waals surface area contributed by atoms with E-state index in [4.69, 9.17) is 5.73 Å². The Morgan fingerprint density at radius 1 is 1.67 bits per heavy atom. The number of imidazole rings is 1. The van der Waals surface area contributed by atoms with E-state index in [-0.39, 0.29) is 0 Å². The fourth-order valence-electron chi connectivity index (χ4n) is 1.50. The molecule has 0 fully saturated rings. The quantitative estimate of drug-likeness (QED) is 0.674. The molecule has 6 heteroatoms. The average Bonchev–Trinajstić information content (AvgIpc) is 2.84. The molecule has 2 aromatic rings. The summed E-state index contributed by atoms with van der Waals surface area (Å²) in [5.74, 6) is 0.943. The van der Waals surface area contributed by atoms with Crippen LogP contribution in [0.2, 0.25) is 0 Å². The largest absolute Gasteiger partial charge is 0.384 e. The summed E-state index contributed by atoms with van der Waals surface area (Å²) >= 11 is 0. The van der Waals surface area contributed by atoms with Gasteiger partial charge in [-0.3, -0.25) is 5.10 Å². The van der Waals surface area contributed by atoms with Crippen molar-refractivity contribution in [2.75, 3.05) is 5.73 Å². The van der Waals surface area contributed by atoms with Crippen LogP contribution in [0.5, 0.6) is 0 Å². The number of hydrogen-bond donors (Lipinski definition) is 3. The molecule has 15 heavy (non-hydrogen) atoms. The van der Waals surface area contributed by atoms with E-state index in [9.17, 15) is 5.11 Å². The zero-order valence-corrected chi connectivity index (χ0v) is 8.38. The van der Waals surface area contributed by atoms with Crippen molar-refractivity contribution in [1.29, 1.82) is 0 Å². The number of aryl methyl sites for hydroxylation is 1. The van der Waals surface area contributed by atoms with Crippen LogP contribution in [0.15, 0.2) is 18.6 Å². The summed E-state index contributed by atoms with van der Waals surface area (Å²) in [6.45, 7) is 2.74. The molecule has 0 aliphatic heterocycles. The third-order valence-corrected chi connectivity index (χ3v) is 2.33. The third kappa shape index (κ3) is 1.59. The average molecular weight is 207 g/mol. The summed E-state index contributed by atoms with van der Waals surface area (Å²) in [5, 5.41) is 16.4. The molecule has 1 unspecified atom stereocenters. The first-order chi connectivity index (χ1) is 7.24. The Morgan fingerprint density at radius 2 is 2.47 bits per heavy atom. The van der Waals surface area contributed by atoms with Crippen molar-refractivity contribution in [3.8, 4) is 0 Å². The van der Waals surface area contributed by atoms with Crippen LogP contribution in [0.1, 0.15) is 24.4 Å². The Hall–Kier alpha value is -1.82. The van der Waals surface area contributed by atoms with Crippen LogP contribution in [0.25, 0.3) is 0 Å². The van der Waals surface area contributed by atoms with Crippen molar-refractivity contribution in [2.24, 2.45) is 0 Å². The van der Waals surface area contributed by atoms with Crippen LogP contribution < -0.4 is 5.73 Å². The lowest BCUT2D eigenvalue weighted by Gasteiger charge is -2.10. The maximum Gasteiger partial charge on any atom is 0.142 e. The minimum atomic E-state index is -0.835.